The first kappa shape index (κ1) is 61.8. The molecule has 70 heavy (non-hydrogen) atoms. The van der Waals surface area contributed by atoms with Crippen LogP contribution in [0, 0.1) is 0 Å². The summed E-state index contributed by atoms with van der Waals surface area (Å²) in [6.07, 6.45) is 24.9. The third-order valence-corrected chi connectivity index (χ3v) is 9.76. The van der Waals surface area contributed by atoms with E-state index in [1.165, 1.54) is 16.7 Å². The van der Waals surface area contributed by atoms with Crippen LogP contribution in [-0.4, -0.2) is 54.8 Å². The van der Waals surface area contributed by atoms with E-state index >= 15 is 0 Å². The Hall–Kier alpha value is -6.23. The maximum absolute atomic E-state index is 4.25. The highest BCUT2D eigenvalue weighted by Crippen LogP contribution is 2.23. The van der Waals surface area contributed by atoms with Gasteiger partial charge in [0.2, 0.25) is 0 Å². The molecule has 0 saturated carbocycles. The Morgan fingerprint density at radius 3 is 0.914 bits per heavy atom. The summed E-state index contributed by atoms with van der Waals surface area (Å²) in [5.41, 5.74) is 7.15. The van der Waals surface area contributed by atoms with Gasteiger partial charge in [-0.25, -0.2) is 39.9 Å². The Labute approximate surface area is 423 Å². The Morgan fingerprint density at radius 1 is 0.243 bits per heavy atom. The Balaban J connectivity index is 0.000000408. The molecule has 0 radical (unpaired) electrons. The molecule has 378 valence electrons. The summed E-state index contributed by atoms with van der Waals surface area (Å²) >= 11 is 0. The number of aromatic nitrogens is 11. The average molecular weight is 950 g/mol. The standard InChI is InChI=1S/3C9H13N.4C8H12N2/c1-9(2,3)8-4-6-10-7-5-8;1-9(2,3)8-5-4-6-10-7-8;1-9(2,3)8-6-4-5-7-10-8;1-8(2,3)7-4-9-6-10-5-7;1-8(2,3)7-4-5-9-6-10-7;2*1-8(2,3)7-9-5-4-6-10-7/h3*4-7H,1-3H3;4*4-6H,1-3H3. The molecule has 11 nitrogen and oxygen atoms in total. The number of hydrogen-bond donors (Lipinski definition) is 0. The Morgan fingerprint density at radius 2 is 0.657 bits per heavy atom. The van der Waals surface area contributed by atoms with Gasteiger partial charge in [-0.15, -0.1) is 0 Å². The van der Waals surface area contributed by atoms with Crippen LogP contribution in [0.15, 0.2) is 148 Å². The first-order chi connectivity index (χ1) is 32.2. The van der Waals surface area contributed by atoms with Gasteiger partial charge in [-0.1, -0.05) is 158 Å². The second-order valence-corrected chi connectivity index (χ2v) is 23.8. The zero-order valence-corrected chi connectivity index (χ0v) is 46.8. The molecule has 0 aliphatic carbocycles. The molecule has 0 bridgehead atoms. The van der Waals surface area contributed by atoms with E-state index in [2.05, 4.69) is 224 Å². The first-order valence-corrected chi connectivity index (χ1v) is 24.0. The molecule has 0 atom stereocenters. The highest BCUT2D eigenvalue weighted by molar-refractivity contribution is 5.19. The van der Waals surface area contributed by atoms with Gasteiger partial charge in [-0.2, -0.15) is 0 Å². The third kappa shape index (κ3) is 27.1. The van der Waals surface area contributed by atoms with Crippen molar-refractivity contribution < 1.29 is 0 Å². The van der Waals surface area contributed by atoms with Gasteiger partial charge < -0.3 is 0 Å². The molecule has 7 heterocycles. The predicted octanol–water partition coefficient (Wildman–Crippen LogP) is 14.2. The van der Waals surface area contributed by atoms with Gasteiger partial charge in [-0.3, -0.25) is 15.0 Å². The third-order valence-electron chi connectivity index (χ3n) is 9.76. The first-order valence-electron chi connectivity index (χ1n) is 24.0. The Kier molecular flexibility index (Phi) is 25.1. The molecule has 0 spiro atoms. The van der Waals surface area contributed by atoms with Gasteiger partial charge in [0.1, 0.15) is 24.3 Å². The number of hydrogen-bond acceptors (Lipinski definition) is 11. The second-order valence-electron chi connectivity index (χ2n) is 23.8. The highest BCUT2D eigenvalue weighted by Gasteiger charge is 2.18. The summed E-state index contributed by atoms with van der Waals surface area (Å²) in [6, 6.07) is 19.8. The maximum Gasteiger partial charge on any atom is 0.133 e. The van der Waals surface area contributed by atoms with Gasteiger partial charge in [0.05, 0.1) is 0 Å². The normalized spacial score (nSPS) is 11.5. The predicted molar refractivity (Wildman–Crippen MR) is 292 cm³/mol. The minimum Gasteiger partial charge on any atom is -0.265 e. The second kappa shape index (κ2) is 28.4. The van der Waals surface area contributed by atoms with Crippen molar-refractivity contribution in [1.82, 2.24) is 54.8 Å². The fourth-order valence-electron chi connectivity index (χ4n) is 5.26. The van der Waals surface area contributed by atoms with Crippen LogP contribution < -0.4 is 0 Å². The SMILES string of the molecule is CC(C)(C)c1ccccn1.CC(C)(C)c1cccnc1.CC(C)(C)c1ccncc1.CC(C)(C)c1ccncn1.CC(C)(C)c1cncnc1.CC(C)(C)c1ncccn1.CC(C)(C)c1ncccn1. The van der Waals surface area contributed by atoms with Crippen LogP contribution in [-0.2, 0) is 37.9 Å². The van der Waals surface area contributed by atoms with Crippen LogP contribution >= 0.6 is 0 Å². The lowest BCUT2D eigenvalue weighted by molar-refractivity contribution is 0.545. The van der Waals surface area contributed by atoms with Crippen molar-refractivity contribution >= 4 is 0 Å². The molecule has 0 aromatic carbocycles. The number of pyridine rings is 3. The van der Waals surface area contributed by atoms with E-state index < -0.39 is 0 Å². The van der Waals surface area contributed by atoms with Gasteiger partial charge >= 0.3 is 0 Å². The van der Waals surface area contributed by atoms with Crippen molar-refractivity contribution in [3.05, 3.63) is 187 Å². The van der Waals surface area contributed by atoms with Gasteiger partial charge in [-0.05, 0) is 81.5 Å². The van der Waals surface area contributed by atoms with Crippen LogP contribution in [0.5, 0.6) is 0 Å². The summed E-state index contributed by atoms with van der Waals surface area (Å²) in [5, 5.41) is 0. The van der Waals surface area contributed by atoms with Gasteiger partial charge in [0.25, 0.3) is 0 Å². The molecule has 7 rings (SSSR count). The van der Waals surface area contributed by atoms with Crippen LogP contribution in [0.1, 0.15) is 185 Å². The van der Waals surface area contributed by atoms with E-state index in [0.717, 1.165) is 23.0 Å². The van der Waals surface area contributed by atoms with Crippen LogP contribution in [0.25, 0.3) is 0 Å². The maximum atomic E-state index is 4.25. The Bertz CT molecular complexity index is 1870. The highest BCUT2D eigenvalue weighted by atomic mass is 14.9. The molecule has 0 amide bonds. The fourth-order valence-corrected chi connectivity index (χ4v) is 5.26. The molecule has 0 fully saturated rings. The van der Waals surface area contributed by atoms with E-state index in [9.17, 15) is 0 Å². The quantitative estimate of drug-likeness (QED) is 0.143. The fraction of sp³-hybridized carbons (Fsp3) is 0.475. The topological polar surface area (TPSA) is 142 Å². The van der Waals surface area contributed by atoms with E-state index in [1.54, 1.807) is 49.8 Å². The van der Waals surface area contributed by atoms with Crippen molar-refractivity contribution in [1.29, 1.82) is 0 Å². The zero-order valence-electron chi connectivity index (χ0n) is 46.8. The van der Waals surface area contributed by atoms with Crippen molar-refractivity contribution in [2.75, 3.05) is 0 Å². The van der Waals surface area contributed by atoms with Gasteiger partial charge in [0, 0.05) is 107 Å². The molecular formula is C59H87N11. The molecule has 7 aromatic heterocycles. The van der Waals surface area contributed by atoms with E-state index in [4.69, 9.17) is 0 Å². The lowest BCUT2D eigenvalue weighted by Gasteiger charge is -2.17. The van der Waals surface area contributed by atoms with Gasteiger partial charge in [0.15, 0.2) is 0 Å². The minimum atomic E-state index is 0.0707. The minimum absolute atomic E-state index is 0.0707. The summed E-state index contributed by atoms with van der Waals surface area (Å²) in [7, 11) is 0. The molecular weight excluding hydrogens is 863 g/mol. The molecule has 0 aliphatic heterocycles. The van der Waals surface area contributed by atoms with E-state index in [1.807, 2.05) is 73.6 Å². The van der Waals surface area contributed by atoms with Crippen LogP contribution in [0.4, 0.5) is 0 Å². The van der Waals surface area contributed by atoms with E-state index in [-0.39, 0.29) is 37.9 Å². The summed E-state index contributed by atoms with van der Waals surface area (Å²) in [6.45, 7) is 45.1. The largest absolute Gasteiger partial charge is 0.265 e. The number of rotatable bonds is 0. The average Bonchev–Trinajstić information content (AvgIpc) is 3.30. The lowest BCUT2D eigenvalue weighted by atomic mass is 9.88. The van der Waals surface area contributed by atoms with Crippen LogP contribution in [0.2, 0.25) is 0 Å². The summed E-state index contributed by atoms with van der Waals surface area (Å²) < 4.78 is 0. The van der Waals surface area contributed by atoms with E-state index in [0.29, 0.717) is 0 Å². The summed E-state index contributed by atoms with van der Waals surface area (Å²) in [5.74, 6) is 1.80. The van der Waals surface area contributed by atoms with Crippen molar-refractivity contribution in [3.63, 3.8) is 0 Å². The zero-order chi connectivity index (χ0) is 53.3. The van der Waals surface area contributed by atoms with Crippen molar-refractivity contribution in [3.8, 4) is 0 Å². The number of nitrogens with zero attached hydrogens (tertiary/aromatic N) is 11. The van der Waals surface area contributed by atoms with Crippen LogP contribution in [0.3, 0.4) is 0 Å². The monoisotopic (exact) mass is 950 g/mol. The molecule has 0 saturated heterocycles. The molecule has 11 heteroatoms. The smallest absolute Gasteiger partial charge is 0.133 e. The molecule has 0 unspecified atom stereocenters. The molecule has 0 N–H and O–H groups in total. The molecule has 0 aliphatic rings. The molecule has 7 aromatic rings. The lowest BCUT2D eigenvalue weighted by Crippen LogP contribution is -2.14. The van der Waals surface area contributed by atoms with Crippen molar-refractivity contribution in [2.24, 2.45) is 0 Å². The van der Waals surface area contributed by atoms with Crippen molar-refractivity contribution in [2.45, 2.75) is 183 Å². The summed E-state index contributed by atoms with van der Waals surface area (Å²) in [4.78, 5) is 44.7.